The molecule has 0 aliphatic carbocycles. The first-order valence-corrected chi connectivity index (χ1v) is 7.15. The van der Waals surface area contributed by atoms with Gasteiger partial charge >= 0.3 is 0 Å². The summed E-state index contributed by atoms with van der Waals surface area (Å²) < 4.78 is 0. The van der Waals surface area contributed by atoms with Crippen LogP contribution < -0.4 is 4.90 Å². The van der Waals surface area contributed by atoms with Crippen LogP contribution in [0.3, 0.4) is 0 Å². The van der Waals surface area contributed by atoms with E-state index in [4.69, 9.17) is 0 Å². The van der Waals surface area contributed by atoms with Crippen molar-refractivity contribution in [2.24, 2.45) is 0 Å². The average molecular weight is 271 g/mol. The van der Waals surface area contributed by atoms with Crippen LogP contribution in [0.25, 0.3) is 0 Å². The van der Waals surface area contributed by atoms with Gasteiger partial charge in [-0.1, -0.05) is 13.0 Å². The molecule has 96 valence electrons. The van der Waals surface area contributed by atoms with Crippen LogP contribution >= 0.6 is 11.3 Å². The number of anilines is 1. The first-order chi connectivity index (χ1) is 9.20. The topological polar surface area (TPSA) is 37.4 Å². The summed E-state index contributed by atoms with van der Waals surface area (Å²) in [6, 6.07) is 7.67. The fraction of sp³-hybridized carbons (Fsp3) is 0.200. The zero-order valence-electron chi connectivity index (χ0n) is 10.6. The van der Waals surface area contributed by atoms with Gasteiger partial charge in [0, 0.05) is 0 Å². The maximum absolute atomic E-state index is 12.1. The summed E-state index contributed by atoms with van der Waals surface area (Å²) in [5.41, 5.74) is 3.41. The van der Waals surface area contributed by atoms with Gasteiger partial charge in [0.2, 0.25) is 0 Å². The fourth-order valence-corrected chi connectivity index (χ4v) is 2.95. The van der Waals surface area contributed by atoms with E-state index in [1.807, 2.05) is 41.9 Å². The van der Waals surface area contributed by atoms with Crippen molar-refractivity contribution in [2.45, 2.75) is 19.9 Å². The summed E-state index contributed by atoms with van der Waals surface area (Å²) in [6.45, 7) is 2.50. The number of hydrogen-bond acceptors (Lipinski definition) is 3. The van der Waals surface area contributed by atoms with E-state index in [1.54, 1.807) is 16.2 Å². The number of thiophene rings is 1. The van der Waals surface area contributed by atoms with E-state index in [-0.39, 0.29) is 5.78 Å². The highest BCUT2D eigenvalue weighted by molar-refractivity contribution is 7.07. The van der Waals surface area contributed by atoms with Crippen LogP contribution in [0.1, 0.15) is 28.4 Å². The van der Waals surface area contributed by atoms with Gasteiger partial charge in [-0.3, -0.25) is 9.59 Å². The Kier molecular flexibility index (Phi) is 2.95. The lowest BCUT2D eigenvalue weighted by atomic mass is 10.1. The second kappa shape index (κ2) is 4.63. The molecule has 0 saturated carbocycles. The maximum Gasteiger partial charge on any atom is 0.299 e. The largest absolute Gasteiger partial charge is 0.300 e. The first-order valence-electron chi connectivity index (χ1n) is 6.21. The van der Waals surface area contributed by atoms with E-state index in [0.717, 1.165) is 23.2 Å². The first kappa shape index (κ1) is 12.1. The van der Waals surface area contributed by atoms with Gasteiger partial charge in [0.15, 0.2) is 0 Å². The predicted octanol–water partition coefficient (Wildman–Crippen LogP) is 3.04. The number of fused-ring (bicyclic) bond motifs is 1. The van der Waals surface area contributed by atoms with Gasteiger partial charge in [-0.05, 0) is 46.5 Å². The monoisotopic (exact) mass is 271 g/mol. The Morgan fingerprint density at radius 3 is 2.68 bits per heavy atom. The average Bonchev–Trinajstić information content (AvgIpc) is 3.02. The molecular weight excluding hydrogens is 258 g/mol. The van der Waals surface area contributed by atoms with Gasteiger partial charge in [0.25, 0.3) is 11.7 Å². The number of rotatable bonds is 3. The summed E-state index contributed by atoms with van der Waals surface area (Å²) in [5.74, 6) is -0.810. The van der Waals surface area contributed by atoms with E-state index in [1.165, 1.54) is 0 Å². The minimum absolute atomic E-state index is 0.388. The summed E-state index contributed by atoms with van der Waals surface area (Å²) in [5, 5.41) is 3.97. The third-order valence-corrected chi connectivity index (χ3v) is 4.10. The van der Waals surface area contributed by atoms with Gasteiger partial charge in [0.1, 0.15) is 0 Å². The number of amides is 1. The lowest BCUT2D eigenvalue weighted by Gasteiger charge is -2.15. The molecule has 0 atom stereocenters. The predicted molar refractivity (Wildman–Crippen MR) is 75.7 cm³/mol. The summed E-state index contributed by atoms with van der Waals surface area (Å²) >= 11 is 1.59. The normalized spacial score (nSPS) is 14.1. The van der Waals surface area contributed by atoms with Crippen molar-refractivity contribution in [2.75, 3.05) is 4.90 Å². The molecule has 1 aliphatic heterocycles. The standard InChI is InChI=1S/C15H13NO2S/c1-2-10-3-4-13-12(7-10)14(17)15(18)16(13)8-11-5-6-19-9-11/h3-7,9H,2,8H2,1H3. The van der Waals surface area contributed by atoms with Crippen LogP contribution in [-0.2, 0) is 17.8 Å². The second-order valence-corrected chi connectivity index (χ2v) is 5.34. The second-order valence-electron chi connectivity index (χ2n) is 4.56. The zero-order valence-corrected chi connectivity index (χ0v) is 11.4. The van der Waals surface area contributed by atoms with Crippen molar-refractivity contribution >= 4 is 28.7 Å². The molecule has 0 radical (unpaired) electrons. The van der Waals surface area contributed by atoms with Crippen molar-refractivity contribution in [3.63, 3.8) is 0 Å². The number of carbonyl (C=O) groups excluding carboxylic acids is 2. The lowest BCUT2D eigenvalue weighted by molar-refractivity contribution is -0.114. The Balaban J connectivity index is 2.00. The van der Waals surface area contributed by atoms with Crippen LogP contribution in [0, 0.1) is 0 Å². The maximum atomic E-state index is 12.1. The van der Waals surface area contributed by atoms with Gasteiger partial charge in [-0.2, -0.15) is 11.3 Å². The van der Waals surface area contributed by atoms with Crippen LogP contribution in [0.2, 0.25) is 0 Å². The molecule has 0 unspecified atom stereocenters. The number of hydrogen-bond donors (Lipinski definition) is 0. The molecule has 1 aromatic carbocycles. The molecule has 0 fully saturated rings. The van der Waals surface area contributed by atoms with Crippen molar-refractivity contribution in [3.05, 3.63) is 51.7 Å². The van der Waals surface area contributed by atoms with Crippen LogP contribution in [0.5, 0.6) is 0 Å². The van der Waals surface area contributed by atoms with E-state index < -0.39 is 5.91 Å². The van der Waals surface area contributed by atoms with Gasteiger partial charge in [-0.25, -0.2) is 0 Å². The molecule has 0 saturated heterocycles. The van der Waals surface area contributed by atoms with Crippen LogP contribution in [-0.4, -0.2) is 11.7 Å². The van der Waals surface area contributed by atoms with E-state index in [0.29, 0.717) is 12.1 Å². The quantitative estimate of drug-likeness (QED) is 0.805. The molecule has 3 nitrogen and oxygen atoms in total. The third kappa shape index (κ3) is 1.98. The Hall–Kier alpha value is -1.94. The highest BCUT2D eigenvalue weighted by atomic mass is 32.1. The Bertz CT molecular complexity index is 646. The Labute approximate surface area is 115 Å². The summed E-state index contributed by atoms with van der Waals surface area (Å²) in [4.78, 5) is 25.7. The van der Waals surface area contributed by atoms with Crippen molar-refractivity contribution in [1.82, 2.24) is 0 Å². The smallest absolute Gasteiger partial charge is 0.299 e. The molecule has 0 N–H and O–H groups in total. The number of aryl methyl sites for hydroxylation is 1. The molecule has 0 spiro atoms. The lowest BCUT2D eigenvalue weighted by Crippen LogP contribution is -2.28. The fourth-order valence-electron chi connectivity index (χ4n) is 2.29. The molecule has 19 heavy (non-hydrogen) atoms. The minimum Gasteiger partial charge on any atom is -0.300 e. The molecule has 0 bridgehead atoms. The minimum atomic E-state index is -0.422. The highest BCUT2D eigenvalue weighted by Crippen LogP contribution is 2.31. The molecular formula is C15H13NO2S. The van der Waals surface area contributed by atoms with Crippen molar-refractivity contribution < 1.29 is 9.59 Å². The van der Waals surface area contributed by atoms with E-state index in [2.05, 4.69) is 0 Å². The molecule has 2 heterocycles. The molecule has 1 aromatic heterocycles. The van der Waals surface area contributed by atoms with Crippen molar-refractivity contribution in [1.29, 1.82) is 0 Å². The molecule has 4 heteroatoms. The van der Waals surface area contributed by atoms with Crippen molar-refractivity contribution in [3.8, 4) is 0 Å². The molecule has 1 aliphatic rings. The van der Waals surface area contributed by atoms with Gasteiger partial charge < -0.3 is 4.90 Å². The van der Waals surface area contributed by atoms with Gasteiger partial charge in [-0.15, -0.1) is 0 Å². The molecule has 1 amide bonds. The molecule has 3 rings (SSSR count). The van der Waals surface area contributed by atoms with Crippen LogP contribution in [0.4, 0.5) is 5.69 Å². The Morgan fingerprint density at radius 1 is 1.16 bits per heavy atom. The summed E-state index contributed by atoms with van der Waals surface area (Å²) in [6.07, 6.45) is 0.860. The summed E-state index contributed by atoms with van der Waals surface area (Å²) in [7, 11) is 0. The van der Waals surface area contributed by atoms with E-state index >= 15 is 0 Å². The SMILES string of the molecule is CCc1ccc2c(c1)C(=O)C(=O)N2Cc1ccsc1. The van der Waals surface area contributed by atoms with Gasteiger partial charge in [0.05, 0.1) is 17.8 Å². The number of carbonyl (C=O) groups is 2. The number of nitrogens with zero attached hydrogens (tertiary/aromatic N) is 1. The number of ketones is 1. The van der Waals surface area contributed by atoms with Crippen LogP contribution in [0.15, 0.2) is 35.0 Å². The molecule has 2 aromatic rings. The van der Waals surface area contributed by atoms with E-state index in [9.17, 15) is 9.59 Å². The zero-order chi connectivity index (χ0) is 13.4. The number of benzene rings is 1. The Morgan fingerprint density at radius 2 is 2.00 bits per heavy atom. The number of Topliss-reactive ketones (excluding diaryl/α,β-unsaturated/α-hetero) is 1. The third-order valence-electron chi connectivity index (χ3n) is 3.36. The highest BCUT2D eigenvalue weighted by Gasteiger charge is 2.35.